The van der Waals surface area contributed by atoms with Gasteiger partial charge in [0.25, 0.3) is 0 Å². The van der Waals surface area contributed by atoms with E-state index >= 15 is 0 Å². The molecule has 0 radical (unpaired) electrons. The second-order valence-electron chi connectivity index (χ2n) is 3.86. The van der Waals surface area contributed by atoms with E-state index in [2.05, 4.69) is 27.3 Å². The first-order chi connectivity index (χ1) is 8.61. The molecule has 2 aromatic rings. The third-order valence-electron chi connectivity index (χ3n) is 2.58. The second kappa shape index (κ2) is 5.43. The number of hydrogen-bond acceptors (Lipinski definition) is 2. The molecule has 0 aliphatic heterocycles. The molecule has 0 heterocycles. The van der Waals surface area contributed by atoms with Gasteiger partial charge in [0, 0.05) is 10.2 Å². The molecule has 0 aromatic heterocycles. The van der Waals surface area contributed by atoms with E-state index in [0.717, 1.165) is 21.4 Å². The van der Waals surface area contributed by atoms with E-state index in [1.807, 2.05) is 31.2 Å². The summed E-state index contributed by atoms with van der Waals surface area (Å²) in [5.74, 6) is 0. The maximum atomic E-state index is 9.10. The van der Waals surface area contributed by atoms with E-state index in [-0.39, 0.29) is 0 Å². The van der Waals surface area contributed by atoms with Crippen LogP contribution in [-0.2, 0) is 0 Å². The molecule has 2 nitrogen and oxygen atoms in total. The van der Waals surface area contributed by atoms with Gasteiger partial charge in [-0.05, 0) is 52.7 Å². The van der Waals surface area contributed by atoms with E-state index in [1.54, 1.807) is 12.1 Å². The van der Waals surface area contributed by atoms with Gasteiger partial charge in [-0.25, -0.2) is 0 Å². The lowest BCUT2D eigenvalue weighted by molar-refractivity contribution is 1.39. The zero-order chi connectivity index (χ0) is 13.1. The zero-order valence-electron chi connectivity index (χ0n) is 9.67. The normalized spacial score (nSPS) is 9.89. The molecule has 18 heavy (non-hydrogen) atoms. The molecule has 0 bridgehead atoms. The number of anilines is 2. The Bertz CT molecular complexity index is 632. The summed E-state index contributed by atoms with van der Waals surface area (Å²) in [5, 5.41) is 13.0. The molecule has 0 spiro atoms. The highest BCUT2D eigenvalue weighted by Crippen LogP contribution is 2.29. The van der Waals surface area contributed by atoms with Gasteiger partial charge in [0.05, 0.1) is 16.3 Å². The van der Waals surface area contributed by atoms with Gasteiger partial charge >= 0.3 is 0 Å². The van der Waals surface area contributed by atoms with Crippen LogP contribution in [0.1, 0.15) is 11.1 Å². The summed E-state index contributed by atoms with van der Waals surface area (Å²) >= 11 is 9.32. The SMILES string of the molecule is Cc1cccc(C#N)c1Nc1ccc(Cl)c(Br)c1. The number of para-hydroxylation sites is 1. The summed E-state index contributed by atoms with van der Waals surface area (Å²) in [7, 11) is 0. The van der Waals surface area contributed by atoms with Crippen LogP contribution in [0.4, 0.5) is 11.4 Å². The quantitative estimate of drug-likeness (QED) is 0.842. The Kier molecular flexibility index (Phi) is 3.90. The molecule has 4 heteroatoms. The summed E-state index contributed by atoms with van der Waals surface area (Å²) in [5.41, 5.74) is 3.37. The number of hydrogen-bond donors (Lipinski definition) is 1. The number of nitrogens with one attached hydrogen (secondary N) is 1. The summed E-state index contributed by atoms with van der Waals surface area (Å²) in [6.07, 6.45) is 0. The number of halogens is 2. The highest BCUT2D eigenvalue weighted by Gasteiger charge is 2.06. The molecule has 0 atom stereocenters. The number of benzene rings is 2. The maximum absolute atomic E-state index is 9.10. The van der Waals surface area contributed by atoms with Crippen LogP contribution in [0.3, 0.4) is 0 Å². The Morgan fingerprint density at radius 3 is 2.72 bits per heavy atom. The molecule has 0 aliphatic carbocycles. The molecule has 0 saturated carbocycles. The van der Waals surface area contributed by atoms with E-state index in [4.69, 9.17) is 16.9 Å². The largest absolute Gasteiger partial charge is 0.354 e. The molecular weight excluding hydrogens is 312 g/mol. The monoisotopic (exact) mass is 320 g/mol. The molecular formula is C14H10BrClN2. The highest BCUT2D eigenvalue weighted by atomic mass is 79.9. The fraction of sp³-hybridized carbons (Fsp3) is 0.0714. The molecule has 90 valence electrons. The summed E-state index contributed by atoms with van der Waals surface area (Å²) in [6.45, 7) is 1.97. The van der Waals surface area contributed by atoms with Crippen molar-refractivity contribution in [3.05, 3.63) is 57.0 Å². The Morgan fingerprint density at radius 1 is 1.28 bits per heavy atom. The van der Waals surface area contributed by atoms with Crippen molar-refractivity contribution in [1.82, 2.24) is 0 Å². The van der Waals surface area contributed by atoms with Crippen LogP contribution in [0.2, 0.25) is 5.02 Å². The lowest BCUT2D eigenvalue weighted by Gasteiger charge is -2.11. The molecule has 0 fully saturated rings. The van der Waals surface area contributed by atoms with E-state index in [1.165, 1.54) is 0 Å². The summed E-state index contributed by atoms with van der Waals surface area (Å²) < 4.78 is 0.821. The highest BCUT2D eigenvalue weighted by molar-refractivity contribution is 9.10. The van der Waals surface area contributed by atoms with Crippen molar-refractivity contribution in [3.8, 4) is 6.07 Å². The summed E-state index contributed by atoms with van der Waals surface area (Å²) in [4.78, 5) is 0. The average Bonchev–Trinajstić information content (AvgIpc) is 2.36. The first-order valence-electron chi connectivity index (χ1n) is 5.33. The minimum absolute atomic E-state index is 0.626. The van der Waals surface area contributed by atoms with Crippen molar-refractivity contribution in [1.29, 1.82) is 5.26 Å². The maximum Gasteiger partial charge on any atom is 0.101 e. The first kappa shape index (κ1) is 12.9. The van der Waals surface area contributed by atoms with Gasteiger partial charge < -0.3 is 5.32 Å². The Morgan fingerprint density at radius 2 is 2.06 bits per heavy atom. The van der Waals surface area contributed by atoms with Gasteiger partial charge in [-0.2, -0.15) is 5.26 Å². The average molecular weight is 322 g/mol. The van der Waals surface area contributed by atoms with E-state index in [0.29, 0.717) is 10.6 Å². The number of aryl methyl sites for hydroxylation is 1. The van der Waals surface area contributed by atoms with Crippen LogP contribution in [-0.4, -0.2) is 0 Å². The van der Waals surface area contributed by atoms with Gasteiger partial charge in [0.1, 0.15) is 6.07 Å². The van der Waals surface area contributed by atoms with Gasteiger partial charge in [-0.15, -0.1) is 0 Å². The van der Waals surface area contributed by atoms with Crippen molar-refractivity contribution < 1.29 is 0 Å². The van der Waals surface area contributed by atoms with Crippen LogP contribution in [0.15, 0.2) is 40.9 Å². The van der Waals surface area contributed by atoms with Crippen molar-refractivity contribution >= 4 is 38.9 Å². The third-order valence-corrected chi connectivity index (χ3v) is 3.80. The van der Waals surface area contributed by atoms with E-state index in [9.17, 15) is 0 Å². The van der Waals surface area contributed by atoms with Crippen molar-refractivity contribution in [3.63, 3.8) is 0 Å². The fourth-order valence-corrected chi connectivity index (χ4v) is 2.14. The predicted octanol–water partition coefficient (Wildman–Crippen LogP) is 5.03. The Labute approximate surface area is 119 Å². The van der Waals surface area contributed by atoms with E-state index < -0.39 is 0 Å². The first-order valence-corrected chi connectivity index (χ1v) is 6.50. The molecule has 0 saturated heterocycles. The third kappa shape index (κ3) is 2.66. The Balaban J connectivity index is 2.40. The number of nitrogens with zero attached hydrogens (tertiary/aromatic N) is 1. The van der Waals surface area contributed by atoms with Crippen LogP contribution >= 0.6 is 27.5 Å². The van der Waals surface area contributed by atoms with Crippen LogP contribution in [0, 0.1) is 18.3 Å². The summed E-state index contributed by atoms with van der Waals surface area (Å²) in [6, 6.07) is 13.4. The topological polar surface area (TPSA) is 35.8 Å². The van der Waals surface area contributed by atoms with Crippen LogP contribution in [0.5, 0.6) is 0 Å². The number of nitriles is 1. The van der Waals surface area contributed by atoms with Gasteiger partial charge in [-0.3, -0.25) is 0 Å². The second-order valence-corrected chi connectivity index (χ2v) is 5.12. The minimum Gasteiger partial charge on any atom is -0.354 e. The lowest BCUT2D eigenvalue weighted by Crippen LogP contribution is -1.96. The minimum atomic E-state index is 0.626. The molecule has 1 N–H and O–H groups in total. The molecule has 2 aromatic carbocycles. The van der Waals surface area contributed by atoms with Crippen molar-refractivity contribution in [2.75, 3.05) is 5.32 Å². The van der Waals surface area contributed by atoms with Crippen molar-refractivity contribution in [2.45, 2.75) is 6.92 Å². The smallest absolute Gasteiger partial charge is 0.101 e. The Hall–Kier alpha value is -1.50. The van der Waals surface area contributed by atoms with Crippen molar-refractivity contribution in [2.24, 2.45) is 0 Å². The van der Waals surface area contributed by atoms with Gasteiger partial charge in [0.2, 0.25) is 0 Å². The lowest BCUT2D eigenvalue weighted by atomic mass is 10.1. The molecule has 0 unspecified atom stereocenters. The van der Waals surface area contributed by atoms with Crippen LogP contribution in [0.25, 0.3) is 0 Å². The predicted molar refractivity (Wildman–Crippen MR) is 78.3 cm³/mol. The molecule has 2 rings (SSSR count). The molecule has 0 amide bonds. The van der Waals surface area contributed by atoms with Gasteiger partial charge in [0.15, 0.2) is 0 Å². The van der Waals surface area contributed by atoms with Gasteiger partial charge in [-0.1, -0.05) is 23.7 Å². The number of rotatable bonds is 2. The zero-order valence-corrected chi connectivity index (χ0v) is 12.0. The fourth-order valence-electron chi connectivity index (χ4n) is 1.65. The standard InChI is InChI=1S/C14H10BrClN2/c1-9-3-2-4-10(8-17)14(9)18-11-5-6-13(16)12(15)7-11/h2-7,18H,1H3. The van der Waals surface area contributed by atoms with Crippen LogP contribution < -0.4 is 5.32 Å². The molecule has 0 aliphatic rings.